The highest BCUT2D eigenvalue weighted by molar-refractivity contribution is 6.04. The Morgan fingerprint density at radius 2 is 1.88 bits per heavy atom. The van der Waals surface area contributed by atoms with Gasteiger partial charge in [-0.25, -0.2) is 9.59 Å². The molecular weight excluding hydrogens is 312 g/mol. The van der Waals surface area contributed by atoms with Crippen molar-refractivity contribution in [3.05, 3.63) is 65.7 Å². The average Bonchev–Trinajstić information content (AvgIpc) is 2.62. The summed E-state index contributed by atoms with van der Waals surface area (Å²) in [4.78, 5) is 23.2. The minimum absolute atomic E-state index is 0.179. The van der Waals surface area contributed by atoms with Crippen LogP contribution in [0.2, 0.25) is 0 Å². The third-order valence-corrected chi connectivity index (χ3v) is 2.90. The van der Waals surface area contributed by atoms with E-state index < -0.39 is 18.9 Å². The number of benzene rings is 2. The van der Waals surface area contributed by atoms with Gasteiger partial charge >= 0.3 is 12.1 Å². The maximum Gasteiger partial charge on any atom is 0.415 e. The number of alkyl carbamates (subject to hydrolysis) is 1. The Hall–Kier alpha value is -3.35. The number of methoxy groups -OCH3 is 1. The maximum absolute atomic E-state index is 11.6. The van der Waals surface area contributed by atoms with Crippen molar-refractivity contribution in [2.24, 2.45) is 0 Å². The third-order valence-electron chi connectivity index (χ3n) is 2.90. The van der Waals surface area contributed by atoms with Crippen LogP contribution >= 0.6 is 0 Å². The van der Waals surface area contributed by atoms with E-state index in [4.69, 9.17) is 19.6 Å². The number of carbonyl (C=O) groups is 2. The van der Waals surface area contributed by atoms with E-state index in [0.717, 1.165) is 0 Å². The zero-order valence-electron chi connectivity index (χ0n) is 12.9. The summed E-state index contributed by atoms with van der Waals surface area (Å²) >= 11 is 0. The molecule has 7 nitrogen and oxygen atoms in total. The van der Waals surface area contributed by atoms with Gasteiger partial charge in [-0.3, -0.25) is 10.7 Å². The van der Waals surface area contributed by atoms with Gasteiger partial charge in [-0.05, 0) is 24.3 Å². The first-order valence-corrected chi connectivity index (χ1v) is 6.90. The van der Waals surface area contributed by atoms with E-state index in [1.807, 2.05) is 0 Å². The Bertz CT molecular complexity index is 731. The Balaban J connectivity index is 1.78. The topological polar surface area (TPSA) is 97.7 Å². The lowest BCUT2D eigenvalue weighted by Gasteiger charge is -2.09. The largest absolute Gasteiger partial charge is 0.496 e. The van der Waals surface area contributed by atoms with Crippen molar-refractivity contribution < 1.29 is 23.8 Å². The van der Waals surface area contributed by atoms with Crippen LogP contribution in [0.3, 0.4) is 0 Å². The van der Waals surface area contributed by atoms with Crippen molar-refractivity contribution in [3.8, 4) is 5.75 Å². The summed E-state index contributed by atoms with van der Waals surface area (Å²) in [7, 11) is 1.47. The van der Waals surface area contributed by atoms with Crippen molar-refractivity contribution in [3.63, 3.8) is 0 Å². The molecule has 0 heterocycles. The quantitative estimate of drug-likeness (QED) is 0.380. The van der Waals surface area contributed by atoms with E-state index in [-0.39, 0.29) is 5.84 Å². The maximum atomic E-state index is 11.6. The number of esters is 1. The number of nitrogens with one attached hydrogen (secondary N) is 2. The Morgan fingerprint density at radius 3 is 2.58 bits per heavy atom. The second-order valence-electron chi connectivity index (χ2n) is 4.49. The molecule has 0 saturated carbocycles. The number of ether oxygens (including phenoxy) is 3. The fourth-order valence-corrected chi connectivity index (χ4v) is 1.72. The number of amides is 1. The Morgan fingerprint density at radius 1 is 1.12 bits per heavy atom. The van der Waals surface area contributed by atoms with Crippen LogP contribution in [-0.4, -0.2) is 31.8 Å². The molecular formula is C17H15N2O5. The Kier molecular flexibility index (Phi) is 5.90. The van der Waals surface area contributed by atoms with E-state index in [1.165, 1.54) is 13.2 Å². The van der Waals surface area contributed by atoms with Crippen LogP contribution in [0.15, 0.2) is 48.5 Å². The van der Waals surface area contributed by atoms with Crippen LogP contribution in [0.1, 0.15) is 15.9 Å². The molecule has 0 atom stereocenters. The Labute approximate surface area is 138 Å². The molecule has 0 unspecified atom stereocenters. The number of carbonyl (C=O) groups excluding carboxylic acids is 2. The van der Waals surface area contributed by atoms with Crippen molar-refractivity contribution >= 4 is 17.9 Å². The molecule has 0 bridgehead atoms. The number of amidine groups is 1. The molecule has 1 radical (unpaired) electrons. The smallest absolute Gasteiger partial charge is 0.415 e. The molecule has 123 valence electrons. The van der Waals surface area contributed by atoms with Crippen molar-refractivity contribution in [1.29, 1.82) is 5.41 Å². The first kappa shape index (κ1) is 17.0. The van der Waals surface area contributed by atoms with E-state index in [9.17, 15) is 9.59 Å². The molecule has 0 fully saturated rings. The second-order valence-corrected chi connectivity index (χ2v) is 4.49. The van der Waals surface area contributed by atoms with Crippen molar-refractivity contribution in [1.82, 2.24) is 5.32 Å². The normalized spacial score (nSPS) is 9.71. The second kappa shape index (κ2) is 8.33. The zero-order valence-corrected chi connectivity index (χ0v) is 12.9. The van der Waals surface area contributed by atoms with Crippen LogP contribution in [-0.2, 0) is 9.47 Å². The highest BCUT2D eigenvalue weighted by atomic mass is 16.7. The lowest BCUT2D eigenvalue weighted by atomic mass is 10.2. The molecule has 2 aromatic rings. The molecule has 2 N–H and O–H groups in total. The van der Waals surface area contributed by atoms with Gasteiger partial charge in [-0.15, -0.1) is 0 Å². The van der Waals surface area contributed by atoms with E-state index in [2.05, 4.69) is 11.4 Å². The van der Waals surface area contributed by atoms with Crippen molar-refractivity contribution in [2.75, 3.05) is 13.9 Å². The van der Waals surface area contributed by atoms with Gasteiger partial charge in [0.25, 0.3) is 0 Å². The predicted octanol–water partition coefficient (Wildman–Crippen LogP) is 2.36. The molecule has 24 heavy (non-hydrogen) atoms. The highest BCUT2D eigenvalue weighted by Gasteiger charge is 2.11. The molecule has 0 spiro atoms. The van der Waals surface area contributed by atoms with Gasteiger partial charge in [0.15, 0.2) is 0 Å². The molecule has 0 aliphatic rings. The van der Waals surface area contributed by atoms with Crippen LogP contribution in [0.25, 0.3) is 0 Å². The van der Waals surface area contributed by atoms with Gasteiger partial charge < -0.3 is 14.2 Å². The molecule has 1 amide bonds. The van der Waals surface area contributed by atoms with Crippen LogP contribution in [0.5, 0.6) is 5.75 Å². The van der Waals surface area contributed by atoms with E-state index in [1.54, 1.807) is 42.5 Å². The molecule has 7 heteroatoms. The lowest BCUT2D eigenvalue weighted by Crippen LogP contribution is -2.31. The van der Waals surface area contributed by atoms with Gasteiger partial charge in [0.05, 0.1) is 12.7 Å². The minimum atomic E-state index is -0.910. The number of hydrogen-bond acceptors (Lipinski definition) is 6. The summed E-state index contributed by atoms with van der Waals surface area (Å²) < 4.78 is 14.5. The fraction of sp³-hybridized carbons (Fsp3) is 0.118. The summed E-state index contributed by atoms with van der Waals surface area (Å²) in [6.07, 6.45) is -0.910. The summed E-state index contributed by atoms with van der Waals surface area (Å²) in [5.41, 5.74) is 0.769. The first-order valence-electron chi connectivity index (χ1n) is 6.90. The number of hydrogen-bond donors (Lipinski definition) is 2. The van der Waals surface area contributed by atoms with Crippen LogP contribution in [0.4, 0.5) is 4.79 Å². The SMILES string of the molecule is COc1[c]ccc(C(=N)NC(=O)OCOC(=O)c2ccccc2)c1. The molecule has 0 aliphatic heterocycles. The van der Waals surface area contributed by atoms with Gasteiger partial charge in [0, 0.05) is 11.6 Å². The molecule has 2 aromatic carbocycles. The summed E-state index contributed by atoms with van der Waals surface area (Å²) in [5, 5.41) is 10.0. The summed E-state index contributed by atoms with van der Waals surface area (Å²) in [5.74, 6) is -0.354. The predicted molar refractivity (Wildman–Crippen MR) is 85.0 cm³/mol. The fourth-order valence-electron chi connectivity index (χ4n) is 1.72. The monoisotopic (exact) mass is 327 g/mol. The van der Waals surface area contributed by atoms with Gasteiger partial charge in [-0.2, -0.15) is 0 Å². The average molecular weight is 327 g/mol. The van der Waals surface area contributed by atoms with E-state index >= 15 is 0 Å². The highest BCUT2D eigenvalue weighted by Crippen LogP contribution is 2.11. The molecule has 0 aromatic heterocycles. The zero-order chi connectivity index (χ0) is 17.4. The third kappa shape index (κ3) is 4.84. The summed E-state index contributed by atoms with van der Waals surface area (Å²) in [6, 6.07) is 15.8. The number of rotatable bonds is 5. The van der Waals surface area contributed by atoms with Crippen LogP contribution < -0.4 is 10.1 Å². The van der Waals surface area contributed by atoms with Crippen molar-refractivity contribution in [2.45, 2.75) is 0 Å². The lowest BCUT2D eigenvalue weighted by molar-refractivity contribution is -0.00115. The minimum Gasteiger partial charge on any atom is -0.496 e. The molecule has 2 rings (SSSR count). The summed E-state index contributed by atoms with van der Waals surface area (Å²) in [6.45, 7) is -0.557. The first-order chi connectivity index (χ1) is 11.6. The van der Waals surface area contributed by atoms with Gasteiger partial charge in [0.1, 0.15) is 11.6 Å². The van der Waals surface area contributed by atoms with Gasteiger partial charge in [0.2, 0.25) is 6.79 Å². The van der Waals surface area contributed by atoms with Gasteiger partial charge in [-0.1, -0.05) is 24.3 Å². The molecule has 0 aliphatic carbocycles. The van der Waals surface area contributed by atoms with E-state index in [0.29, 0.717) is 16.9 Å². The molecule has 0 saturated heterocycles. The van der Waals surface area contributed by atoms with Crippen LogP contribution in [0, 0.1) is 11.5 Å². The standard InChI is InChI=1S/C17H15N2O5/c1-22-14-9-5-8-13(10-14)15(18)19-17(21)24-11-23-16(20)12-6-3-2-4-7-12/h2-8,10H,11H2,1H3,(H2,18,19,21).